The molecule has 0 atom stereocenters. The van der Waals surface area contributed by atoms with Crippen LogP contribution in [-0.4, -0.2) is 10.9 Å². The van der Waals surface area contributed by atoms with Crippen molar-refractivity contribution in [1.29, 1.82) is 0 Å². The van der Waals surface area contributed by atoms with Gasteiger partial charge < -0.3 is 11.1 Å². The summed E-state index contributed by atoms with van der Waals surface area (Å²) in [5, 5.41) is 4.44. The Morgan fingerprint density at radius 3 is 2.62 bits per heavy atom. The van der Waals surface area contributed by atoms with Gasteiger partial charge in [-0.3, -0.25) is 4.79 Å². The standard InChI is InChI=1S/C18H16ClN3OS/c1-11-6-5-9-13(19)14(11)15-16(17(20)23)24-18(22-15)21-10-12-7-3-2-4-8-12/h2-9H,10H2,1H3,(H2,20,23)(H,21,22). The fourth-order valence-electron chi connectivity index (χ4n) is 2.44. The molecule has 0 aliphatic rings. The topological polar surface area (TPSA) is 68.0 Å². The van der Waals surface area contributed by atoms with E-state index in [1.165, 1.54) is 11.3 Å². The molecule has 2 aromatic carbocycles. The number of benzene rings is 2. The lowest BCUT2D eigenvalue weighted by Gasteiger charge is -2.06. The van der Waals surface area contributed by atoms with Crippen molar-refractivity contribution in [2.24, 2.45) is 5.73 Å². The number of carbonyl (C=O) groups excluding carboxylic acids is 1. The Bertz CT molecular complexity index is 857. The number of thiazole rings is 1. The molecular weight excluding hydrogens is 342 g/mol. The maximum Gasteiger partial charge on any atom is 0.261 e. The van der Waals surface area contributed by atoms with Gasteiger partial charge in [0.15, 0.2) is 5.13 Å². The molecular formula is C18H16ClN3OS. The van der Waals surface area contributed by atoms with Crippen LogP contribution in [0.2, 0.25) is 5.02 Å². The van der Waals surface area contributed by atoms with Crippen LogP contribution in [0.25, 0.3) is 11.3 Å². The molecule has 3 rings (SSSR count). The molecule has 1 amide bonds. The van der Waals surface area contributed by atoms with Gasteiger partial charge in [0.25, 0.3) is 5.91 Å². The summed E-state index contributed by atoms with van der Waals surface area (Å²) in [5.41, 5.74) is 8.89. The molecule has 24 heavy (non-hydrogen) atoms. The monoisotopic (exact) mass is 357 g/mol. The number of primary amides is 1. The zero-order valence-corrected chi connectivity index (χ0v) is 14.6. The zero-order valence-electron chi connectivity index (χ0n) is 13.0. The Labute approximate surface area is 149 Å². The average Bonchev–Trinajstić information content (AvgIpc) is 2.98. The van der Waals surface area contributed by atoms with E-state index in [0.717, 1.165) is 16.7 Å². The molecule has 0 bridgehead atoms. The number of hydrogen-bond acceptors (Lipinski definition) is 4. The Morgan fingerprint density at radius 2 is 1.96 bits per heavy atom. The van der Waals surface area contributed by atoms with Gasteiger partial charge in [0.2, 0.25) is 0 Å². The molecule has 0 fully saturated rings. The molecule has 0 aliphatic heterocycles. The van der Waals surface area contributed by atoms with E-state index in [-0.39, 0.29) is 0 Å². The summed E-state index contributed by atoms with van der Waals surface area (Å²) in [4.78, 5) is 16.8. The summed E-state index contributed by atoms with van der Waals surface area (Å²) in [7, 11) is 0. The molecule has 0 saturated heterocycles. The second-order valence-corrected chi connectivity index (χ2v) is 6.74. The summed E-state index contributed by atoms with van der Waals surface area (Å²) in [6.07, 6.45) is 0. The average molecular weight is 358 g/mol. The quantitative estimate of drug-likeness (QED) is 0.707. The largest absolute Gasteiger partial charge is 0.365 e. The van der Waals surface area contributed by atoms with Crippen molar-refractivity contribution in [2.45, 2.75) is 13.5 Å². The van der Waals surface area contributed by atoms with E-state index >= 15 is 0 Å². The van der Waals surface area contributed by atoms with E-state index in [1.54, 1.807) is 6.07 Å². The van der Waals surface area contributed by atoms with E-state index in [2.05, 4.69) is 10.3 Å². The normalized spacial score (nSPS) is 10.6. The molecule has 0 unspecified atom stereocenters. The van der Waals surface area contributed by atoms with Crippen molar-refractivity contribution < 1.29 is 4.79 Å². The predicted octanol–water partition coefficient (Wildman–Crippen LogP) is 4.48. The molecule has 0 aliphatic carbocycles. The van der Waals surface area contributed by atoms with Crippen LogP contribution in [0.1, 0.15) is 20.8 Å². The summed E-state index contributed by atoms with van der Waals surface area (Å²) < 4.78 is 0. The molecule has 4 nitrogen and oxygen atoms in total. The van der Waals surface area contributed by atoms with Crippen LogP contribution >= 0.6 is 22.9 Å². The maximum atomic E-state index is 11.8. The number of anilines is 1. The van der Waals surface area contributed by atoms with Crippen molar-refractivity contribution >= 4 is 34.0 Å². The van der Waals surface area contributed by atoms with Crippen molar-refractivity contribution in [3.63, 3.8) is 0 Å². The Morgan fingerprint density at radius 1 is 1.21 bits per heavy atom. The minimum Gasteiger partial charge on any atom is -0.365 e. The van der Waals surface area contributed by atoms with Gasteiger partial charge in [0.1, 0.15) is 4.88 Å². The molecule has 0 spiro atoms. The lowest BCUT2D eigenvalue weighted by Crippen LogP contribution is -2.10. The van der Waals surface area contributed by atoms with Crippen LogP contribution in [0, 0.1) is 6.92 Å². The molecule has 1 heterocycles. The number of aromatic nitrogens is 1. The summed E-state index contributed by atoms with van der Waals surface area (Å²) >= 11 is 7.56. The number of nitrogens with one attached hydrogen (secondary N) is 1. The number of nitrogens with two attached hydrogens (primary N) is 1. The van der Waals surface area contributed by atoms with Crippen molar-refractivity contribution in [3.8, 4) is 11.3 Å². The SMILES string of the molecule is Cc1cccc(Cl)c1-c1nc(NCc2ccccc2)sc1C(N)=O. The molecule has 3 aromatic rings. The fourth-order valence-corrected chi connectivity index (χ4v) is 3.57. The van der Waals surface area contributed by atoms with Crippen molar-refractivity contribution in [1.82, 2.24) is 4.98 Å². The zero-order chi connectivity index (χ0) is 17.1. The lowest BCUT2D eigenvalue weighted by molar-refractivity contribution is 0.100. The second kappa shape index (κ2) is 7.03. The fraction of sp³-hybridized carbons (Fsp3) is 0.111. The Hall–Kier alpha value is -2.37. The number of halogens is 1. The smallest absolute Gasteiger partial charge is 0.261 e. The van der Waals surface area contributed by atoms with Crippen LogP contribution in [0.3, 0.4) is 0 Å². The third kappa shape index (κ3) is 3.42. The maximum absolute atomic E-state index is 11.8. The molecule has 1 aromatic heterocycles. The van der Waals surface area contributed by atoms with Gasteiger partial charge in [-0.05, 0) is 24.1 Å². The number of carbonyl (C=O) groups is 1. The number of rotatable bonds is 5. The second-order valence-electron chi connectivity index (χ2n) is 5.33. The molecule has 122 valence electrons. The first-order valence-corrected chi connectivity index (χ1v) is 8.59. The predicted molar refractivity (Wildman–Crippen MR) is 99.6 cm³/mol. The summed E-state index contributed by atoms with van der Waals surface area (Å²) in [6.45, 7) is 2.55. The Balaban J connectivity index is 1.95. The minimum atomic E-state index is -0.505. The highest BCUT2D eigenvalue weighted by Crippen LogP contribution is 2.37. The van der Waals surface area contributed by atoms with E-state index in [0.29, 0.717) is 27.3 Å². The first-order valence-electron chi connectivity index (χ1n) is 7.40. The van der Waals surface area contributed by atoms with Gasteiger partial charge in [0.05, 0.1) is 10.7 Å². The van der Waals surface area contributed by atoms with Crippen molar-refractivity contribution in [2.75, 3.05) is 5.32 Å². The van der Waals surface area contributed by atoms with E-state index in [4.69, 9.17) is 17.3 Å². The van der Waals surface area contributed by atoms with Crippen LogP contribution in [0.5, 0.6) is 0 Å². The van der Waals surface area contributed by atoms with E-state index in [9.17, 15) is 4.79 Å². The number of amides is 1. The summed E-state index contributed by atoms with van der Waals surface area (Å²) in [6, 6.07) is 15.6. The van der Waals surface area contributed by atoms with Gasteiger partial charge in [-0.25, -0.2) is 4.98 Å². The van der Waals surface area contributed by atoms with E-state index < -0.39 is 5.91 Å². The third-order valence-corrected chi connectivity index (χ3v) is 4.94. The highest BCUT2D eigenvalue weighted by Gasteiger charge is 2.20. The van der Waals surface area contributed by atoms with Gasteiger partial charge >= 0.3 is 0 Å². The highest BCUT2D eigenvalue weighted by atomic mass is 35.5. The first kappa shape index (κ1) is 16.5. The molecule has 0 radical (unpaired) electrons. The van der Waals surface area contributed by atoms with Crippen LogP contribution in [-0.2, 0) is 6.54 Å². The summed E-state index contributed by atoms with van der Waals surface area (Å²) in [5.74, 6) is -0.505. The van der Waals surface area contributed by atoms with Gasteiger partial charge in [0, 0.05) is 12.1 Å². The van der Waals surface area contributed by atoms with Gasteiger partial charge in [-0.15, -0.1) is 0 Å². The minimum absolute atomic E-state index is 0.404. The van der Waals surface area contributed by atoms with Gasteiger partial charge in [-0.1, -0.05) is 65.4 Å². The van der Waals surface area contributed by atoms with Crippen molar-refractivity contribution in [3.05, 3.63) is 69.6 Å². The van der Waals surface area contributed by atoms with Crippen LogP contribution in [0.15, 0.2) is 48.5 Å². The Kier molecular flexibility index (Phi) is 4.83. The first-order chi connectivity index (χ1) is 11.6. The molecule has 0 saturated carbocycles. The number of aryl methyl sites for hydroxylation is 1. The third-order valence-electron chi connectivity index (χ3n) is 3.60. The molecule has 6 heteroatoms. The van der Waals surface area contributed by atoms with Gasteiger partial charge in [-0.2, -0.15) is 0 Å². The lowest BCUT2D eigenvalue weighted by atomic mass is 10.0. The van der Waals surface area contributed by atoms with Crippen LogP contribution < -0.4 is 11.1 Å². The molecule has 3 N–H and O–H groups in total. The number of hydrogen-bond donors (Lipinski definition) is 2. The highest BCUT2D eigenvalue weighted by molar-refractivity contribution is 7.18. The van der Waals surface area contributed by atoms with E-state index in [1.807, 2.05) is 49.4 Å². The van der Waals surface area contributed by atoms with Crippen LogP contribution in [0.4, 0.5) is 5.13 Å². The number of nitrogens with zero attached hydrogens (tertiary/aromatic N) is 1.